The maximum atomic E-state index is 8.97. The predicted octanol–water partition coefficient (Wildman–Crippen LogP) is 1.37. The van der Waals surface area contributed by atoms with Crippen LogP contribution in [0.1, 0.15) is 11.3 Å². The van der Waals surface area contributed by atoms with Crippen molar-refractivity contribution in [1.82, 2.24) is 9.78 Å². The van der Waals surface area contributed by atoms with E-state index in [0.29, 0.717) is 0 Å². The van der Waals surface area contributed by atoms with Gasteiger partial charge in [0, 0.05) is 12.4 Å². The molecule has 0 aliphatic carbocycles. The molecule has 0 saturated heterocycles. The Balaban J connectivity index is 2.76. The zero-order valence-corrected chi connectivity index (χ0v) is 7.78. The lowest BCUT2D eigenvalue weighted by molar-refractivity contribution is 0.282. The van der Waals surface area contributed by atoms with Gasteiger partial charge in [-0.25, -0.2) is 0 Å². The standard InChI is InChI=1S/C10H12N2O/c1-7-9-5-8(6-13)3-4-10(9)12(2)11-7/h3-5,13H,6H2,1-2H3. The summed E-state index contributed by atoms with van der Waals surface area (Å²) in [6.07, 6.45) is 0. The van der Waals surface area contributed by atoms with Crippen LogP contribution in [0.2, 0.25) is 0 Å². The molecule has 0 atom stereocenters. The number of hydrogen-bond acceptors (Lipinski definition) is 2. The zero-order chi connectivity index (χ0) is 9.42. The highest BCUT2D eigenvalue weighted by Crippen LogP contribution is 2.18. The summed E-state index contributed by atoms with van der Waals surface area (Å²) in [4.78, 5) is 0. The van der Waals surface area contributed by atoms with Crippen LogP contribution in [0.4, 0.5) is 0 Å². The molecule has 0 radical (unpaired) electrons. The van der Waals surface area contributed by atoms with Crippen LogP contribution < -0.4 is 0 Å². The minimum atomic E-state index is 0.0876. The summed E-state index contributed by atoms with van der Waals surface area (Å²) in [6.45, 7) is 2.06. The topological polar surface area (TPSA) is 38.0 Å². The quantitative estimate of drug-likeness (QED) is 0.712. The van der Waals surface area contributed by atoms with Gasteiger partial charge in [-0.1, -0.05) is 6.07 Å². The lowest BCUT2D eigenvalue weighted by Crippen LogP contribution is -1.89. The minimum Gasteiger partial charge on any atom is -0.392 e. The van der Waals surface area contributed by atoms with E-state index in [0.717, 1.165) is 22.2 Å². The van der Waals surface area contributed by atoms with E-state index in [2.05, 4.69) is 5.10 Å². The molecular formula is C10H12N2O. The van der Waals surface area contributed by atoms with E-state index in [1.165, 1.54) is 0 Å². The highest BCUT2D eigenvalue weighted by Gasteiger charge is 2.04. The van der Waals surface area contributed by atoms with E-state index in [1.54, 1.807) is 0 Å². The molecule has 1 aromatic carbocycles. The first-order valence-corrected chi connectivity index (χ1v) is 4.25. The summed E-state index contributed by atoms with van der Waals surface area (Å²) in [5.41, 5.74) is 3.05. The molecule has 0 bridgehead atoms. The largest absolute Gasteiger partial charge is 0.392 e. The molecule has 0 amide bonds. The lowest BCUT2D eigenvalue weighted by atomic mass is 10.1. The molecule has 0 fully saturated rings. The summed E-state index contributed by atoms with van der Waals surface area (Å²) in [6, 6.07) is 5.89. The van der Waals surface area contributed by atoms with Gasteiger partial charge in [-0.3, -0.25) is 4.68 Å². The first-order valence-electron chi connectivity index (χ1n) is 4.25. The number of fused-ring (bicyclic) bond motifs is 1. The van der Waals surface area contributed by atoms with E-state index in [1.807, 2.05) is 36.9 Å². The predicted molar refractivity (Wildman–Crippen MR) is 51.4 cm³/mol. The number of aliphatic hydroxyl groups excluding tert-OH is 1. The van der Waals surface area contributed by atoms with Crippen LogP contribution in [0.15, 0.2) is 18.2 Å². The second kappa shape index (κ2) is 2.85. The Kier molecular flexibility index (Phi) is 1.81. The minimum absolute atomic E-state index is 0.0876. The molecule has 2 rings (SSSR count). The molecule has 0 aliphatic rings. The maximum absolute atomic E-state index is 8.97. The highest BCUT2D eigenvalue weighted by molar-refractivity contribution is 5.82. The van der Waals surface area contributed by atoms with Gasteiger partial charge in [-0.2, -0.15) is 5.10 Å². The molecule has 0 saturated carbocycles. The Morgan fingerprint density at radius 1 is 1.46 bits per heavy atom. The molecule has 68 valence electrons. The number of nitrogens with zero attached hydrogens (tertiary/aromatic N) is 2. The van der Waals surface area contributed by atoms with Gasteiger partial charge in [0.05, 0.1) is 17.8 Å². The fourth-order valence-electron chi connectivity index (χ4n) is 1.59. The van der Waals surface area contributed by atoms with E-state index >= 15 is 0 Å². The molecule has 1 N–H and O–H groups in total. The van der Waals surface area contributed by atoms with Crippen molar-refractivity contribution in [2.45, 2.75) is 13.5 Å². The Morgan fingerprint density at radius 2 is 2.23 bits per heavy atom. The second-order valence-corrected chi connectivity index (χ2v) is 3.22. The SMILES string of the molecule is Cc1nn(C)c2ccc(CO)cc12. The van der Waals surface area contributed by atoms with Gasteiger partial charge in [0.15, 0.2) is 0 Å². The zero-order valence-electron chi connectivity index (χ0n) is 7.78. The third kappa shape index (κ3) is 1.21. The van der Waals surface area contributed by atoms with Crippen molar-refractivity contribution in [2.24, 2.45) is 7.05 Å². The van der Waals surface area contributed by atoms with Crippen molar-refractivity contribution in [1.29, 1.82) is 0 Å². The molecule has 1 aromatic heterocycles. The molecule has 3 heteroatoms. The van der Waals surface area contributed by atoms with Crippen LogP contribution in [-0.2, 0) is 13.7 Å². The third-order valence-electron chi connectivity index (χ3n) is 2.28. The van der Waals surface area contributed by atoms with E-state index in [9.17, 15) is 0 Å². The van der Waals surface area contributed by atoms with Gasteiger partial charge in [-0.15, -0.1) is 0 Å². The molecule has 1 heterocycles. The molecular weight excluding hydrogens is 164 g/mol. The summed E-state index contributed by atoms with van der Waals surface area (Å²) in [7, 11) is 1.92. The molecule has 13 heavy (non-hydrogen) atoms. The molecule has 0 unspecified atom stereocenters. The first kappa shape index (κ1) is 8.26. The normalized spacial score (nSPS) is 11.0. The van der Waals surface area contributed by atoms with Crippen LogP contribution in [0, 0.1) is 6.92 Å². The third-order valence-corrected chi connectivity index (χ3v) is 2.28. The van der Waals surface area contributed by atoms with Crippen LogP contribution >= 0.6 is 0 Å². The Labute approximate surface area is 76.6 Å². The summed E-state index contributed by atoms with van der Waals surface area (Å²) in [5.74, 6) is 0. The number of benzene rings is 1. The number of rotatable bonds is 1. The molecule has 3 nitrogen and oxygen atoms in total. The first-order chi connectivity index (χ1) is 6.22. The summed E-state index contributed by atoms with van der Waals surface area (Å²) >= 11 is 0. The van der Waals surface area contributed by atoms with E-state index in [4.69, 9.17) is 5.11 Å². The number of hydrogen-bond donors (Lipinski definition) is 1. The Morgan fingerprint density at radius 3 is 2.92 bits per heavy atom. The Hall–Kier alpha value is -1.35. The van der Waals surface area contributed by atoms with Crippen molar-refractivity contribution >= 4 is 10.9 Å². The van der Waals surface area contributed by atoms with E-state index in [-0.39, 0.29) is 6.61 Å². The number of aromatic nitrogens is 2. The lowest BCUT2D eigenvalue weighted by Gasteiger charge is -1.97. The van der Waals surface area contributed by atoms with Gasteiger partial charge in [0.25, 0.3) is 0 Å². The van der Waals surface area contributed by atoms with Crippen molar-refractivity contribution in [3.05, 3.63) is 29.5 Å². The number of aliphatic hydroxyl groups is 1. The van der Waals surface area contributed by atoms with Crippen molar-refractivity contribution < 1.29 is 5.11 Å². The van der Waals surface area contributed by atoms with Crippen LogP contribution in [0.3, 0.4) is 0 Å². The van der Waals surface area contributed by atoms with E-state index < -0.39 is 0 Å². The van der Waals surface area contributed by atoms with Crippen LogP contribution in [0.5, 0.6) is 0 Å². The molecule has 0 aliphatic heterocycles. The highest BCUT2D eigenvalue weighted by atomic mass is 16.3. The summed E-state index contributed by atoms with van der Waals surface area (Å²) < 4.78 is 1.85. The van der Waals surface area contributed by atoms with Crippen molar-refractivity contribution in [2.75, 3.05) is 0 Å². The molecule has 2 aromatic rings. The average molecular weight is 176 g/mol. The molecule has 0 spiro atoms. The summed E-state index contributed by atoms with van der Waals surface area (Å²) in [5, 5.41) is 14.4. The smallest absolute Gasteiger partial charge is 0.0682 e. The van der Waals surface area contributed by atoms with Gasteiger partial charge >= 0.3 is 0 Å². The van der Waals surface area contributed by atoms with Gasteiger partial charge < -0.3 is 5.11 Å². The van der Waals surface area contributed by atoms with Gasteiger partial charge in [0.2, 0.25) is 0 Å². The van der Waals surface area contributed by atoms with Gasteiger partial charge in [-0.05, 0) is 24.6 Å². The second-order valence-electron chi connectivity index (χ2n) is 3.22. The Bertz CT molecular complexity index is 445. The van der Waals surface area contributed by atoms with Crippen molar-refractivity contribution in [3.8, 4) is 0 Å². The van der Waals surface area contributed by atoms with Gasteiger partial charge in [0.1, 0.15) is 0 Å². The van der Waals surface area contributed by atoms with Crippen LogP contribution in [0.25, 0.3) is 10.9 Å². The average Bonchev–Trinajstić information content (AvgIpc) is 2.42. The number of aryl methyl sites for hydroxylation is 2. The van der Waals surface area contributed by atoms with Crippen LogP contribution in [-0.4, -0.2) is 14.9 Å². The maximum Gasteiger partial charge on any atom is 0.0682 e. The van der Waals surface area contributed by atoms with Crippen molar-refractivity contribution in [3.63, 3.8) is 0 Å². The monoisotopic (exact) mass is 176 g/mol. The fraction of sp³-hybridized carbons (Fsp3) is 0.300. The fourth-order valence-corrected chi connectivity index (χ4v) is 1.59.